The quantitative estimate of drug-likeness (QED) is 0.653. The lowest BCUT2D eigenvalue weighted by atomic mass is 9.87. The van der Waals surface area contributed by atoms with Crippen molar-refractivity contribution in [1.29, 1.82) is 0 Å². The van der Waals surface area contributed by atoms with Gasteiger partial charge in [0.05, 0.1) is 32.1 Å². The van der Waals surface area contributed by atoms with E-state index >= 15 is 0 Å². The van der Waals surface area contributed by atoms with Crippen molar-refractivity contribution in [1.82, 2.24) is 19.8 Å². The average molecular weight is 428 g/mol. The zero-order chi connectivity index (χ0) is 21.6. The molecule has 1 aromatic heterocycles. The maximum absolute atomic E-state index is 4.84. The minimum atomic E-state index is 0.588. The number of hydrogen-bond acceptors (Lipinski definition) is 5. The van der Waals surface area contributed by atoms with Gasteiger partial charge < -0.3 is 9.38 Å². The van der Waals surface area contributed by atoms with Crippen LogP contribution in [-0.4, -0.2) is 94.7 Å². The monoisotopic (exact) mass is 427 g/mol. The molecular weight excluding hydrogens is 384 g/mol. The Morgan fingerprint density at radius 1 is 0.968 bits per heavy atom. The van der Waals surface area contributed by atoms with E-state index in [1.165, 1.54) is 68.6 Å². The number of likely N-dealkylation sites (tertiary alicyclic amines) is 1. The van der Waals surface area contributed by atoms with Gasteiger partial charge in [0.25, 0.3) is 0 Å². The number of fused-ring (bicyclic) bond motifs is 2. The molecule has 172 valence electrons. The van der Waals surface area contributed by atoms with Crippen LogP contribution in [0.25, 0.3) is 0 Å². The van der Waals surface area contributed by atoms with Gasteiger partial charge in [-0.05, 0) is 39.0 Å². The smallest absolute Gasteiger partial charge is 0.225 e. The average Bonchev–Trinajstić information content (AvgIpc) is 2.97. The molecule has 1 spiro atoms. The topological polar surface area (TPSA) is 35.5 Å². The molecule has 0 amide bonds. The van der Waals surface area contributed by atoms with Crippen LogP contribution in [0.4, 0.5) is 5.95 Å². The van der Waals surface area contributed by atoms with Gasteiger partial charge >= 0.3 is 0 Å². The van der Waals surface area contributed by atoms with E-state index in [9.17, 15) is 0 Å². The Hall–Kier alpha value is -1.24. The SMILES string of the molecule is CC(C)CC1C[N+]2(CCN(Cc3cnc(N4C5CCC4CN(C(C)C)C5)nc3)CC2)C1. The van der Waals surface area contributed by atoms with Gasteiger partial charge in [-0.2, -0.15) is 0 Å². The zero-order valence-electron chi connectivity index (χ0n) is 20.2. The fraction of sp³-hybridized carbons (Fsp3) is 0.840. The number of piperazine rings is 2. The molecule has 1 aromatic rings. The van der Waals surface area contributed by atoms with E-state index in [1.54, 1.807) is 0 Å². The summed E-state index contributed by atoms with van der Waals surface area (Å²) in [5.74, 6) is 2.79. The number of anilines is 1. The van der Waals surface area contributed by atoms with E-state index in [4.69, 9.17) is 9.97 Å². The van der Waals surface area contributed by atoms with Gasteiger partial charge in [0, 0.05) is 68.8 Å². The number of hydrogen-bond donors (Lipinski definition) is 0. The number of quaternary nitrogens is 1. The molecule has 2 unspecified atom stereocenters. The van der Waals surface area contributed by atoms with E-state index in [-0.39, 0.29) is 0 Å². The molecule has 2 atom stereocenters. The van der Waals surface area contributed by atoms with Crippen LogP contribution in [0.1, 0.15) is 52.5 Å². The molecule has 5 rings (SSSR count). The maximum Gasteiger partial charge on any atom is 0.225 e. The second kappa shape index (κ2) is 8.60. The lowest BCUT2D eigenvalue weighted by Crippen LogP contribution is -2.69. The first-order valence-corrected chi connectivity index (χ1v) is 12.8. The molecule has 6 nitrogen and oxygen atoms in total. The van der Waals surface area contributed by atoms with Gasteiger partial charge in [0.15, 0.2) is 0 Å². The van der Waals surface area contributed by atoms with Crippen LogP contribution < -0.4 is 4.90 Å². The Bertz CT molecular complexity index is 717. The first-order valence-electron chi connectivity index (χ1n) is 12.8. The van der Waals surface area contributed by atoms with Crippen LogP contribution in [0, 0.1) is 11.8 Å². The van der Waals surface area contributed by atoms with E-state index in [0.717, 1.165) is 37.4 Å². The second-order valence-electron chi connectivity index (χ2n) is 11.7. The van der Waals surface area contributed by atoms with Crippen LogP contribution in [0.3, 0.4) is 0 Å². The summed E-state index contributed by atoms with van der Waals surface area (Å²) in [6.07, 6.45) is 8.17. The van der Waals surface area contributed by atoms with Crippen molar-refractivity contribution in [3.05, 3.63) is 18.0 Å². The highest BCUT2D eigenvalue weighted by Gasteiger charge is 2.45. The van der Waals surface area contributed by atoms with Gasteiger partial charge in [0.1, 0.15) is 0 Å². The number of aromatic nitrogens is 2. The second-order valence-corrected chi connectivity index (χ2v) is 11.7. The predicted octanol–water partition coefficient (Wildman–Crippen LogP) is 2.85. The van der Waals surface area contributed by atoms with Crippen molar-refractivity contribution in [2.45, 2.75) is 71.6 Å². The molecule has 31 heavy (non-hydrogen) atoms. The Morgan fingerprint density at radius 3 is 2.13 bits per heavy atom. The summed E-state index contributed by atoms with van der Waals surface area (Å²) in [5, 5.41) is 0. The Morgan fingerprint density at radius 2 is 1.58 bits per heavy atom. The van der Waals surface area contributed by atoms with Crippen LogP contribution in [0.15, 0.2) is 12.4 Å². The lowest BCUT2D eigenvalue weighted by Gasteiger charge is -2.54. The maximum atomic E-state index is 4.84. The summed E-state index contributed by atoms with van der Waals surface area (Å²) in [7, 11) is 0. The summed E-state index contributed by atoms with van der Waals surface area (Å²) in [6.45, 7) is 20.6. The highest BCUT2D eigenvalue weighted by Crippen LogP contribution is 2.34. The van der Waals surface area contributed by atoms with Crippen molar-refractivity contribution in [2.24, 2.45) is 11.8 Å². The largest absolute Gasteiger partial charge is 0.332 e. The molecule has 4 fully saturated rings. The van der Waals surface area contributed by atoms with Crippen LogP contribution in [0.2, 0.25) is 0 Å². The minimum absolute atomic E-state index is 0.588. The molecular formula is C25H43N6+. The number of rotatable bonds is 6. The van der Waals surface area contributed by atoms with Crippen LogP contribution in [-0.2, 0) is 6.54 Å². The summed E-state index contributed by atoms with van der Waals surface area (Å²) in [4.78, 5) is 17.4. The Labute approximate surface area is 189 Å². The molecule has 0 saturated carbocycles. The standard InChI is InChI=1S/C25H43N6/c1-19(2)11-21-17-31(18-21)9-7-28(8-10-31)14-22-12-26-25(27-13-22)30-23-5-6-24(30)16-29(15-23)20(3)4/h12-13,19-21,23-24H,5-11,14-18H2,1-4H3/q+1. The molecule has 0 aromatic carbocycles. The molecule has 6 heteroatoms. The predicted molar refractivity (Wildman–Crippen MR) is 126 cm³/mol. The van der Waals surface area contributed by atoms with Crippen molar-refractivity contribution in [2.75, 3.05) is 57.3 Å². The van der Waals surface area contributed by atoms with Crippen molar-refractivity contribution in [3.63, 3.8) is 0 Å². The van der Waals surface area contributed by atoms with Crippen molar-refractivity contribution >= 4 is 5.95 Å². The third-order valence-corrected chi connectivity index (χ3v) is 8.45. The highest BCUT2D eigenvalue weighted by molar-refractivity contribution is 5.37. The fourth-order valence-corrected chi connectivity index (χ4v) is 6.82. The molecule has 0 radical (unpaired) electrons. The van der Waals surface area contributed by atoms with Crippen molar-refractivity contribution < 1.29 is 4.48 Å². The zero-order valence-corrected chi connectivity index (χ0v) is 20.2. The van der Waals surface area contributed by atoms with Gasteiger partial charge in [-0.15, -0.1) is 0 Å². The first kappa shape index (κ1) is 21.6. The lowest BCUT2D eigenvalue weighted by molar-refractivity contribution is -0.977. The molecule has 0 aliphatic carbocycles. The van der Waals surface area contributed by atoms with E-state index in [0.29, 0.717) is 18.1 Å². The van der Waals surface area contributed by atoms with Gasteiger partial charge in [-0.3, -0.25) is 9.80 Å². The van der Waals surface area contributed by atoms with Crippen molar-refractivity contribution in [3.8, 4) is 0 Å². The molecule has 2 bridgehead atoms. The van der Waals surface area contributed by atoms with Gasteiger partial charge in [-0.1, -0.05) is 13.8 Å². The molecule has 0 N–H and O–H groups in total. The minimum Gasteiger partial charge on any atom is -0.332 e. The van der Waals surface area contributed by atoms with Crippen LogP contribution in [0.5, 0.6) is 0 Å². The molecule has 4 aliphatic heterocycles. The first-order chi connectivity index (χ1) is 14.9. The van der Waals surface area contributed by atoms with E-state index in [2.05, 4.69) is 54.8 Å². The third-order valence-electron chi connectivity index (χ3n) is 8.45. The third kappa shape index (κ3) is 4.49. The molecule has 5 heterocycles. The molecule has 4 aliphatic rings. The van der Waals surface area contributed by atoms with Gasteiger partial charge in [0.2, 0.25) is 5.95 Å². The molecule has 4 saturated heterocycles. The Balaban J connectivity index is 1.12. The normalized spacial score (nSPS) is 29.3. The highest BCUT2D eigenvalue weighted by atomic mass is 15.4. The van der Waals surface area contributed by atoms with Gasteiger partial charge in [-0.25, -0.2) is 9.97 Å². The summed E-state index contributed by atoms with van der Waals surface area (Å²) < 4.78 is 1.38. The summed E-state index contributed by atoms with van der Waals surface area (Å²) >= 11 is 0. The number of nitrogens with zero attached hydrogens (tertiary/aromatic N) is 6. The van der Waals surface area contributed by atoms with E-state index < -0.39 is 0 Å². The summed E-state index contributed by atoms with van der Waals surface area (Å²) in [6, 6.07) is 1.81. The van der Waals surface area contributed by atoms with E-state index in [1.807, 2.05) is 0 Å². The fourth-order valence-electron chi connectivity index (χ4n) is 6.82. The van der Waals surface area contributed by atoms with Crippen LogP contribution >= 0.6 is 0 Å². The summed E-state index contributed by atoms with van der Waals surface area (Å²) in [5.41, 5.74) is 1.27. The Kier molecular flexibility index (Phi) is 5.99.